The Balaban J connectivity index is 0.00000147. The normalized spacial score (nSPS) is 14.5. The van der Waals surface area contributed by atoms with E-state index in [-0.39, 0.29) is 17.0 Å². The first kappa shape index (κ1) is 15.0. The second kappa shape index (κ2) is 7.41. The molecule has 1 heterocycles. The summed E-state index contributed by atoms with van der Waals surface area (Å²) in [5.74, 6) is 0. The minimum atomic E-state index is 0. The summed E-state index contributed by atoms with van der Waals surface area (Å²) in [7, 11) is 0. The summed E-state index contributed by atoms with van der Waals surface area (Å²) in [6.45, 7) is 2.19. The number of rotatable bonds is 2. The minimum Gasteiger partial charge on any atom is -0.316 e. The number of nitrogens with one attached hydrogen (secondary N) is 1. The van der Waals surface area contributed by atoms with Gasteiger partial charge < -0.3 is 5.32 Å². The molecule has 0 amide bonds. The first-order valence-electron chi connectivity index (χ1n) is 6.99. The summed E-state index contributed by atoms with van der Waals surface area (Å²) in [6, 6.07) is 21.5. The Hall–Kier alpha value is -1.38. The summed E-state index contributed by atoms with van der Waals surface area (Å²) in [4.78, 5) is 0. The van der Waals surface area contributed by atoms with E-state index in [0.29, 0.717) is 0 Å². The number of piperidine rings is 1. The van der Waals surface area contributed by atoms with Gasteiger partial charge in [0.1, 0.15) is 0 Å². The van der Waals surface area contributed by atoms with Crippen LogP contribution in [0.25, 0.3) is 5.57 Å². The molecule has 1 aliphatic rings. The van der Waals surface area contributed by atoms with Crippen molar-refractivity contribution in [3.8, 4) is 0 Å². The van der Waals surface area contributed by atoms with Crippen molar-refractivity contribution in [3.63, 3.8) is 0 Å². The van der Waals surface area contributed by atoms with E-state index in [1.54, 1.807) is 5.57 Å². The second-order valence-electron chi connectivity index (χ2n) is 4.96. The summed E-state index contributed by atoms with van der Waals surface area (Å²) < 4.78 is 0. The zero-order chi connectivity index (χ0) is 12.9. The standard InChI is InChI=1S/C18H19N.BrH/c1-3-7-15(8-4-1)18(16-9-5-2-6-10-16)17-11-13-19-14-12-17;/h1-10,19H,11-14H2;1H. The third-order valence-corrected chi connectivity index (χ3v) is 3.69. The Bertz CT molecular complexity index is 511. The molecule has 0 radical (unpaired) electrons. The molecule has 0 saturated carbocycles. The van der Waals surface area contributed by atoms with Crippen LogP contribution in [0.3, 0.4) is 0 Å². The Labute approximate surface area is 131 Å². The molecule has 0 atom stereocenters. The highest BCUT2D eigenvalue weighted by Gasteiger charge is 2.13. The van der Waals surface area contributed by atoms with E-state index < -0.39 is 0 Å². The van der Waals surface area contributed by atoms with Crippen LogP contribution in [0.1, 0.15) is 24.0 Å². The molecule has 0 aromatic heterocycles. The lowest BCUT2D eigenvalue weighted by Crippen LogP contribution is -2.23. The number of halogens is 1. The maximum absolute atomic E-state index is 3.44. The largest absolute Gasteiger partial charge is 0.316 e. The molecule has 1 aliphatic heterocycles. The molecule has 1 saturated heterocycles. The van der Waals surface area contributed by atoms with Crippen LogP contribution in [0, 0.1) is 0 Å². The first-order valence-corrected chi connectivity index (χ1v) is 6.99. The van der Waals surface area contributed by atoms with Crippen molar-refractivity contribution in [3.05, 3.63) is 77.4 Å². The van der Waals surface area contributed by atoms with Gasteiger partial charge >= 0.3 is 0 Å². The van der Waals surface area contributed by atoms with Crippen molar-refractivity contribution < 1.29 is 0 Å². The van der Waals surface area contributed by atoms with Crippen molar-refractivity contribution in [2.24, 2.45) is 0 Å². The van der Waals surface area contributed by atoms with Crippen LogP contribution in [0.5, 0.6) is 0 Å². The van der Waals surface area contributed by atoms with Crippen molar-refractivity contribution in [2.45, 2.75) is 12.8 Å². The highest BCUT2D eigenvalue weighted by atomic mass is 79.9. The monoisotopic (exact) mass is 329 g/mol. The lowest BCUT2D eigenvalue weighted by molar-refractivity contribution is 0.611. The van der Waals surface area contributed by atoms with Gasteiger partial charge in [-0.05, 0) is 42.6 Å². The van der Waals surface area contributed by atoms with Gasteiger partial charge in [-0.3, -0.25) is 0 Å². The predicted octanol–water partition coefficient (Wildman–Crippen LogP) is 4.45. The molecular weight excluding hydrogens is 310 g/mol. The maximum atomic E-state index is 3.44. The molecule has 1 N–H and O–H groups in total. The van der Waals surface area contributed by atoms with Crippen LogP contribution in [-0.4, -0.2) is 13.1 Å². The van der Waals surface area contributed by atoms with E-state index in [1.165, 1.54) is 16.7 Å². The molecule has 1 fully saturated rings. The maximum Gasteiger partial charge on any atom is -0.00111 e. The molecule has 0 bridgehead atoms. The van der Waals surface area contributed by atoms with Gasteiger partial charge in [0, 0.05) is 0 Å². The van der Waals surface area contributed by atoms with Crippen molar-refractivity contribution in [2.75, 3.05) is 13.1 Å². The van der Waals surface area contributed by atoms with Gasteiger partial charge in [0.15, 0.2) is 0 Å². The second-order valence-corrected chi connectivity index (χ2v) is 4.96. The lowest BCUT2D eigenvalue weighted by atomic mass is 9.89. The summed E-state index contributed by atoms with van der Waals surface area (Å²) >= 11 is 0. The zero-order valence-corrected chi connectivity index (χ0v) is 13.2. The number of hydrogen-bond donors (Lipinski definition) is 1. The Morgan fingerprint density at radius 1 is 0.700 bits per heavy atom. The van der Waals surface area contributed by atoms with E-state index in [1.807, 2.05) is 0 Å². The van der Waals surface area contributed by atoms with Crippen LogP contribution in [0.4, 0.5) is 0 Å². The van der Waals surface area contributed by atoms with Gasteiger partial charge in [-0.25, -0.2) is 0 Å². The zero-order valence-electron chi connectivity index (χ0n) is 11.5. The molecule has 1 nitrogen and oxygen atoms in total. The smallest absolute Gasteiger partial charge is 0.00111 e. The molecular formula is C18H20BrN. The average Bonchev–Trinajstić information content (AvgIpc) is 2.51. The third-order valence-electron chi connectivity index (χ3n) is 3.69. The van der Waals surface area contributed by atoms with Crippen molar-refractivity contribution in [1.82, 2.24) is 5.32 Å². The Kier molecular flexibility index (Phi) is 5.57. The Morgan fingerprint density at radius 2 is 1.15 bits per heavy atom. The molecule has 0 aliphatic carbocycles. The van der Waals surface area contributed by atoms with Crippen LogP contribution in [-0.2, 0) is 0 Å². The highest BCUT2D eigenvalue weighted by molar-refractivity contribution is 8.93. The molecule has 0 unspecified atom stereocenters. The van der Waals surface area contributed by atoms with E-state index in [2.05, 4.69) is 66.0 Å². The fourth-order valence-electron chi connectivity index (χ4n) is 2.76. The first-order chi connectivity index (χ1) is 9.45. The molecule has 3 rings (SSSR count). The quantitative estimate of drug-likeness (QED) is 0.858. The van der Waals surface area contributed by atoms with E-state index in [9.17, 15) is 0 Å². The lowest BCUT2D eigenvalue weighted by Gasteiger charge is -2.21. The fraction of sp³-hybridized carbons (Fsp3) is 0.222. The van der Waals surface area contributed by atoms with Crippen LogP contribution >= 0.6 is 17.0 Å². The SMILES string of the molecule is Br.c1ccc(C(=C2CCNCC2)c2ccccc2)cc1. The molecule has 0 spiro atoms. The fourth-order valence-corrected chi connectivity index (χ4v) is 2.76. The van der Waals surface area contributed by atoms with Gasteiger partial charge in [-0.15, -0.1) is 17.0 Å². The van der Waals surface area contributed by atoms with E-state index >= 15 is 0 Å². The van der Waals surface area contributed by atoms with Crippen LogP contribution < -0.4 is 5.32 Å². The molecule has 2 heteroatoms. The molecule has 104 valence electrons. The third kappa shape index (κ3) is 3.38. The number of hydrogen-bond acceptors (Lipinski definition) is 1. The molecule has 2 aromatic carbocycles. The van der Waals surface area contributed by atoms with Crippen LogP contribution in [0.15, 0.2) is 66.2 Å². The highest BCUT2D eigenvalue weighted by Crippen LogP contribution is 2.30. The average molecular weight is 330 g/mol. The van der Waals surface area contributed by atoms with E-state index in [4.69, 9.17) is 0 Å². The molecule has 2 aromatic rings. The van der Waals surface area contributed by atoms with Gasteiger partial charge in [0.2, 0.25) is 0 Å². The van der Waals surface area contributed by atoms with Gasteiger partial charge in [0.05, 0.1) is 0 Å². The minimum absolute atomic E-state index is 0. The van der Waals surface area contributed by atoms with Gasteiger partial charge in [0.25, 0.3) is 0 Å². The Morgan fingerprint density at radius 3 is 1.60 bits per heavy atom. The number of benzene rings is 2. The van der Waals surface area contributed by atoms with Crippen molar-refractivity contribution >= 4 is 22.6 Å². The molecule has 20 heavy (non-hydrogen) atoms. The van der Waals surface area contributed by atoms with Gasteiger partial charge in [-0.1, -0.05) is 66.2 Å². The summed E-state index contributed by atoms with van der Waals surface area (Å²) in [5.41, 5.74) is 5.69. The van der Waals surface area contributed by atoms with E-state index in [0.717, 1.165) is 25.9 Å². The van der Waals surface area contributed by atoms with Gasteiger partial charge in [-0.2, -0.15) is 0 Å². The van der Waals surface area contributed by atoms with Crippen LogP contribution in [0.2, 0.25) is 0 Å². The predicted molar refractivity (Wildman–Crippen MR) is 91.3 cm³/mol. The summed E-state index contributed by atoms with van der Waals surface area (Å²) in [6.07, 6.45) is 2.30. The summed E-state index contributed by atoms with van der Waals surface area (Å²) in [5, 5.41) is 3.44. The van der Waals surface area contributed by atoms with Crippen molar-refractivity contribution in [1.29, 1.82) is 0 Å². The topological polar surface area (TPSA) is 12.0 Å².